The largest absolute Gasteiger partial charge is 0.497 e. The topological polar surface area (TPSA) is 33.6 Å². The van der Waals surface area contributed by atoms with Crippen molar-refractivity contribution in [1.29, 1.82) is 0 Å². The van der Waals surface area contributed by atoms with Gasteiger partial charge in [-0.1, -0.05) is 12.1 Å². The number of halogens is 12. The molecule has 1 N–H and O–H groups in total. The summed E-state index contributed by atoms with van der Waals surface area (Å²) in [6, 6.07) is 5.74. The van der Waals surface area contributed by atoms with E-state index in [4.69, 9.17) is 4.74 Å². The molecule has 0 atom stereocenters. The van der Waals surface area contributed by atoms with Crippen LogP contribution in [0.1, 0.15) is 27.8 Å². The lowest BCUT2D eigenvalue weighted by Crippen LogP contribution is -2.17. The predicted molar refractivity (Wildman–Crippen MR) is 116 cm³/mol. The number of anilines is 1. The molecule has 3 nitrogen and oxygen atoms in total. The van der Waals surface area contributed by atoms with E-state index in [1.165, 1.54) is 25.3 Å². The van der Waals surface area contributed by atoms with Crippen LogP contribution in [0.15, 0.2) is 65.7 Å². The average molecular weight is 574 g/mol. The minimum absolute atomic E-state index is 0.0852. The van der Waals surface area contributed by atoms with E-state index < -0.39 is 64.2 Å². The Hall–Kier alpha value is -3.91. The number of rotatable bonds is 4. The Bertz CT molecular complexity index is 1300. The Morgan fingerprint density at radius 1 is 0.615 bits per heavy atom. The molecule has 3 aromatic rings. The molecular formula is C24H14F12N2O. The van der Waals surface area contributed by atoms with Crippen LogP contribution in [0.25, 0.3) is 0 Å². The van der Waals surface area contributed by atoms with Crippen molar-refractivity contribution >= 4 is 17.2 Å². The van der Waals surface area contributed by atoms with Gasteiger partial charge in [0.1, 0.15) is 11.6 Å². The van der Waals surface area contributed by atoms with Gasteiger partial charge < -0.3 is 10.1 Å². The van der Waals surface area contributed by atoms with E-state index in [2.05, 4.69) is 10.3 Å². The highest BCUT2D eigenvalue weighted by molar-refractivity contribution is 6.09. The molecule has 0 unspecified atom stereocenters. The zero-order chi connectivity index (χ0) is 29.4. The first kappa shape index (κ1) is 29.6. The third-order valence-electron chi connectivity index (χ3n) is 5.01. The van der Waals surface area contributed by atoms with Gasteiger partial charge in [-0.05, 0) is 48.5 Å². The Morgan fingerprint density at radius 2 is 1.05 bits per heavy atom. The maximum absolute atomic E-state index is 13.3. The van der Waals surface area contributed by atoms with Crippen LogP contribution in [-0.4, -0.2) is 12.9 Å². The van der Waals surface area contributed by atoms with Gasteiger partial charge in [0.05, 0.1) is 35.1 Å². The number of methoxy groups -OCH3 is 1. The number of benzene rings is 3. The van der Waals surface area contributed by atoms with Gasteiger partial charge in [0, 0.05) is 11.3 Å². The van der Waals surface area contributed by atoms with Crippen molar-refractivity contribution in [3.63, 3.8) is 0 Å². The van der Waals surface area contributed by atoms with Gasteiger partial charge in [-0.25, -0.2) is 4.99 Å². The fraction of sp³-hybridized carbons (Fsp3) is 0.208. The molecule has 0 aliphatic carbocycles. The van der Waals surface area contributed by atoms with E-state index in [0.29, 0.717) is 0 Å². The first-order valence-corrected chi connectivity index (χ1v) is 10.4. The summed E-state index contributed by atoms with van der Waals surface area (Å²) in [5.74, 6) is -0.587. The molecule has 210 valence electrons. The van der Waals surface area contributed by atoms with Crippen LogP contribution in [0.4, 0.5) is 64.1 Å². The maximum atomic E-state index is 13.3. The quantitative estimate of drug-likeness (QED) is 0.192. The van der Waals surface area contributed by atoms with Crippen molar-refractivity contribution in [1.82, 2.24) is 0 Å². The lowest BCUT2D eigenvalue weighted by Gasteiger charge is -2.17. The van der Waals surface area contributed by atoms with Crippen molar-refractivity contribution in [3.8, 4) is 5.75 Å². The first-order chi connectivity index (χ1) is 17.8. The zero-order valence-electron chi connectivity index (χ0n) is 19.2. The summed E-state index contributed by atoms with van der Waals surface area (Å²) < 4.78 is 165. The monoisotopic (exact) mass is 574 g/mol. The van der Waals surface area contributed by atoms with Crippen LogP contribution in [-0.2, 0) is 24.7 Å². The van der Waals surface area contributed by atoms with Crippen LogP contribution >= 0.6 is 0 Å². The Balaban J connectivity index is 2.27. The number of nitrogens with zero attached hydrogens (tertiary/aromatic N) is 1. The number of amidine groups is 1. The standard InChI is InChI=1S/C24H14F12N2O/c1-39-19-4-2-3-12(5-19)20(37-17-8-13(21(25,26)27)6-14(9-17)22(28,29)30)38-18-10-15(23(31,32)33)7-16(11-18)24(34,35)36/h2-11H,1H3,(H,37,38). The molecule has 0 aliphatic rings. The second-order valence-electron chi connectivity index (χ2n) is 7.88. The molecule has 0 aliphatic heterocycles. The first-order valence-electron chi connectivity index (χ1n) is 10.4. The van der Waals surface area contributed by atoms with Crippen LogP contribution < -0.4 is 10.1 Å². The normalized spacial score (nSPS) is 13.4. The lowest BCUT2D eigenvalue weighted by atomic mass is 10.1. The third-order valence-corrected chi connectivity index (χ3v) is 5.01. The van der Waals surface area contributed by atoms with Crippen LogP contribution in [0.2, 0.25) is 0 Å². The minimum atomic E-state index is -5.24. The fourth-order valence-corrected chi connectivity index (χ4v) is 3.23. The van der Waals surface area contributed by atoms with E-state index in [1.807, 2.05) is 0 Å². The van der Waals surface area contributed by atoms with E-state index in [-0.39, 0.29) is 47.7 Å². The fourth-order valence-electron chi connectivity index (χ4n) is 3.23. The summed E-state index contributed by atoms with van der Waals surface area (Å²) in [6.07, 6.45) is -20.9. The Labute approximate surface area is 211 Å². The summed E-state index contributed by atoms with van der Waals surface area (Å²) in [7, 11) is 1.20. The third kappa shape index (κ3) is 7.57. The van der Waals surface area contributed by atoms with E-state index in [9.17, 15) is 52.7 Å². The van der Waals surface area contributed by atoms with Gasteiger partial charge in [0.15, 0.2) is 0 Å². The molecule has 0 bridgehead atoms. The molecule has 0 radical (unpaired) electrons. The summed E-state index contributed by atoms with van der Waals surface area (Å²) >= 11 is 0. The predicted octanol–water partition coefficient (Wildman–Crippen LogP) is 8.96. The van der Waals surface area contributed by atoms with Gasteiger partial charge in [-0.2, -0.15) is 52.7 Å². The van der Waals surface area contributed by atoms with Crippen LogP contribution in [0.5, 0.6) is 5.75 Å². The molecule has 0 saturated carbocycles. The Kier molecular flexibility index (Phi) is 7.86. The smallest absolute Gasteiger partial charge is 0.416 e. The molecule has 3 aromatic carbocycles. The zero-order valence-corrected chi connectivity index (χ0v) is 19.2. The minimum Gasteiger partial charge on any atom is -0.497 e. The molecule has 0 fully saturated rings. The molecule has 3 rings (SSSR count). The summed E-state index contributed by atoms with van der Waals surface area (Å²) in [5.41, 5.74) is -8.84. The molecular weight excluding hydrogens is 560 g/mol. The molecule has 0 amide bonds. The summed E-state index contributed by atoms with van der Waals surface area (Å²) in [6.45, 7) is 0. The van der Waals surface area contributed by atoms with Crippen LogP contribution in [0, 0.1) is 0 Å². The van der Waals surface area contributed by atoms with E-state index in [1.54, 1.807) is 0 Å². The van der Waals surface area contributed by atoms with Crippen molar-refractivity contribution in [2.75, 3.05) is 12.4 Å². The molecule has 15 heteroatoms. The maximum Gasteiger partial charge on any atom is 0.416 e. The second-order valence-corrected chi connectivity index (χ2v) is 7.88. The van der Waals surface area contributed by atoms with E-state index >= 15 is 0 Å². The molecule has 0 spiro atoms. The highest BCUT2D eigenvalue weighted by Gasteiger charge is 2.38. The SMILES string of the molecule is COc1cccc(C(=Nc2cc(C(F)(F)F)cc(C(F)(F)F)c2)Nc2cc(C(F)(F)F)cc(C(F)(F)F)c2)c1. The second kappa shape index (κ2) is 10.3. The van der Waals surface area contributed by atoms with Crippen LogP contribution in [0.3, 0.4) is 0 Å². The van der Waals surface area contributed by atoms with Gasteiger partial charge >= 0.3 is 24.7 Å². The molecule has 0 saturated heterocycles. The van der Waals surface area contributed by atoms with Gasteiger partial charge in [-0.15, -0.1) is 0 Å². The Morgan fingerprint density at radius 3 is 1.46 bits per heavy atom. The molecule has 39 heavy (non-hydrogen) atoms. The van der Waals surface area contributed by atoms with E-state index in [0.717, 1.165) is 6.07 Å². The van der Waals surface area contributed by atoms with Gasteiger partial charge in [-0.3, -0.25) is 0 Å². The number of nitrogens with one attached hydrogen (secondary N) is 1. The number of hydrogen-bond acceptors (Lipinski definition) is 2. The highest BCUT2D eigenvalue weighted by Crippen LogP contribution is 2.40. The van der Waals surface area contributed by atoms with Gasteiger partial charge in [0.25, 0.3) is 0 Å². The highest BCUT2D eigenvalue weighted by atomic mass is 19.4. The molecule has 0 heterocycles. The number of alkyl halides is 12. The lowest BCUT2D eigenvalue weighted by molar-refractivity contribution is -0.144. The van der Waals surface area contributed by atoms with Crippen molar-refractivity contribution in [2.24, 2.45) is 4.99 Å². The average Bonchev–Trinajstić information content (AvgIpc) is 2.81. The number of aliphatic imine (C=N–C) groups is 1. The van der Waals surface area contributed by atoms with Crippen molar-refractivity contribution < 1.29 is 57.4 Å². The summed E-state index contributed by atoms with van der Waals surface area (Å²) in [4.78, 5) is 3.72. The van der Waals surface area contributed by atoms with Gasteiger partial charge in [0.2, 0.25) is 0 Å². The van der Waals surface area contributed by atoms with Crippen molar-refractivity contribution in [3.05, 3.63) is 88.5 Å². The molecule has 0 aromatic heterocycles. The number of hydrogen-bond donors (Lipinski definition) is 1. The van der Waals surface area contributed by atoms with Crippen molar-refractivity contribution in [2.45, 2.75) is 24.7 Å². The summed E-state index contributed by atoms with van der Waals surface area (Å²) in [5, 5.41) is 2.17. The number of ether oxygens (including phenoxy) is 1.